The number of halogens is 1. The molecule has 4 heteroatoms. The maximum Gasteiger partial charge on any atom is 0.138 e. The number of hydrogen-bond acceptors (Lipinski definition) is 3. The molecule has 17 heavy (non-hydrogen) atoms. The van der Waals surface area contributed by atoms with Gasteiger partial charge in [-0.25, -0.2) is 0 Å². The number of rotatable bonds is 3. The highest BCUT2D eigenvalue weighted by Gasteiger charge is 2.19. The van der Waals surface area contributed by atoms with Crippen molar-refractivity contribution in [2.45, 2.75) is 44.4 Å². The lowest BCUT2D eigenvalue weighted by atomic mass is 9.93. The molecule has 0 aliphatic heterocycles. The van der Waals surface area contributed by atoms with Crippen LogP contribution in [0.1, 0.15) is 31.2 Å². The summed E-state index contributed by atoms with van der Waals surface area (Å²) in [6, 6.07) is 5.68. The number of aliphatic hydroxyl groups is 1. The van der Waals surface area contributed by atoms with Crippen molar-refractivity contribution in [3.63, 3.8) is 0 Å². The van der Waals surface area contributed by atoms with Gasteiger partial charge in [-0.05, 0) is 31.7 Å². The van der Waals surface area contributed by atoms with E-state index in [2.05, 4.69) is 5.32 Å². The highest BCUT2D eigenvalue weighted by molar-refractivity contribution is 6.32. The van der Waals surface area contributed by atoms with Crippen molar-refractivity contribution in [2.75, 3.05) is 0 Å². The van der Waals surface area contributed by atoms with E-state index in [1.165, 1.54) is 0 Å². The molecule has 0 aromatic heterocycles. The largest absolute Gasteiger partial charge is 0.506 e. The van der Waals surface area contributed by atoms with E-state index in [1.54, 1.807) is 6.07 Å². The van der Waals surface area contributed by atoms with Crippen LogP contribution >= 0.6 is 11.6 Å². The molecule has 3 nitrogen and oxygen atoms in total. The van der Waals surface area contributed by atoms with E-state index in [0.717, 1.165) is 31.2 Å². The fraction of sp³-hybridized carbons (Fsp3) is 0.538. The van der Waals surface area contributed by atoms with Gasteiger partial charge in [0.25, 0.3) is 0 Å². The second kappa shape index (κ2) is 5.71. The first-order valence-corrected chi connectivity index (χ1v) is 6.42. The first-order chi connectivity index (χ1) is 8.16. The fourth-order valence-corrected chi connectivity index (χ4v) is 2.50. The van der Waals surface area contributed by atoms with Gasteiger partial charge in [-0.15, -0.1) is 0 Å². The van der Waals surface area contributed by atoms with E-state index in [4.69, 9.17) is 11.6 Å². The number of phenolic OH excluding ortho intramolecular Hbond substituents is 1. The SMILES string of the molecule is Oc1c(Cl)cccc1CNC1CCCC(O)C1. The van der Waals surface area contributed by atoms with Crippen molar-refractivity contribution in [1.29, 1.82) is 0 Å². The van der Waals surface area contributed by atoms with Crippen LogP contribution in [0.5, 0.6) is 5.75 Å². The fourth-order valence-electron chi connectivity index (χ4n) is 2.31. The lowest BCUT2D eigenvalue weighted by molar-refractivity contribution is 0.111. The zero-order valence-corrected chi connectivity index (χ0v) is 10.5. The topological polar surface area (TPSA) is 52.5 Å². The Kier molecular flexibility index (Phi) is 4.26. The molecule has 0 amide bonds. The highest BCUT2D eigenvalue weighted by Crippen LogP contribution is 2.27. The minimum Gasteiger partial charge on any atom is -0.506 e. The minimum atomic E-state index is -0.186. The molecule has 2 rings (SSSR count). The molecule has 0 bridgehead atoms. The minimum absolute atomic E-state index is 0.151. The second-order valence-electron chi connectivity index (χ2n) is 4.65. The summed E-state index contributed by atoms with van der Waals surface area (Å²) >= 11 is 5.84. The van der Waals surface area contributed by atoms with Crippen molar-refractivity contribution in [2.24, 2.45) is 0 Å². The third-order valence-corrected chi connectivity index (χ3v) is 3.60. The molecule has 1 aliphatic carbocycles. The molecule has 1 aromatic rings. The normalized spacial score (nSPS) is 24.8. The molecule has 0 spiro atoms. The number of hydrogen-bond donors (Lipinski definition) is 3. The summed E-state index contributed by atoms with van der Waals surface area (Å²) in [5.41, 5.74) is 0.803. The Morgan fingerprint density at radius 1 is 1.35 bits per heavy atom. The van der Waals surface area contributed by atoms with Gasteiger partial charge in [-0.3, -0.25) is 0 Å². The van der Waals surface area contributed by atoms with E-state index < -0.39 is 0 Å². The summed E-state index contributed by atoms with van der Waals surface area (Å²) in [6.07, 6.45) is 3.65. The summed E-state index contributed by atoms with van der Waals surface area (Å²) in [5.74, 6) is 0.151. The van der Waals surface area contributed by atoms with Crippen LogP contribution in [0.2, 0.25) is 5.02 Å². The van der Waals surface area contributed by atoms with E-state index in [-0.39, 0.29) is 11.9 Å². The van der Waals surface area contributed by atoms with Crippen LogP contribution in [0.3, 0.4) is 0 Å². The molecule has 3 N–H and O–H groups in total. The molecule has 0 saturated heterocycles. The molecule has 1 aliphatic rings. The Hall–Kier alpha value is -0.770. The van der Waals surface area contributed by atoms with E-state index in [9.17, 15) is 10.2 Å². The number of nitrogens with one attached hydrogen (secondary N) is 1. The molecule has 0 heterocycles. The third kappa shape index (κ3) is 3.35. The van der Waals surface area contributed by atoms with Crippen molar-refractivity contribution in [3.05, 3.63) is 28.8 Å². The van der Waals surface area contributed by atoms with Crippen molar-refractivity contribution in [1.82, 2.24) is 5.32 Å². The third-order valence-electron chi connectivity index (χ3n) is 3.30. The molecule has 2 atom stereocenters. The maximum atomic E-state index is 9.76. The summed E-state index contributed by atoms with van der Waals surface area (Å²) < 4.78 is 0. The van der Waals surface area contributed by atoms with Crippen LogP contribution in [0.25, 0.3) is 0 Å². The molecular formula is C13H18ClNO2. The highest BCUT2D eigenvalue weighted by atomic mass is 35.5. The zero-order valence-electron chi connectivity index (χ0n) is 9.69. The van der Waals surface area contributed by atoms with Crippen LogP contribution in [-0.4, -0.2) is 22.4 Å². The predicted molar refractivity (Wildman–Crippen MR) is 68.2 cm³/mol. The Bertz CT molecular complexity index is 384. The summed E-state index contributed by atoms with van der Waals surface area (Å²) in [6.45, 7) is 0.587. The van der Waals surface area contributed by atoms with Crippen LogP contribution < -0.4 is 5.32 Å². The van der Waals surface area contributed by atoms with E-state index in [0.29, 0.717) is 17.6 Å². The van der Waals surface area contributed by atoms with Gasteiger partial charge in [0, 0.05) is 18.2 Å². The van der Waals surface area contributed by atoms with E-state index >= 15 is 0 Å². The zero-order chi connectivity index (χ0) is 12.3. The van der Waals surface area contributed by atoms with Crippen LogP contribution in [0.4, 0.5) is 0 Å². The molecule has 0 radical (unpaired) electrons. The Balaban J connectivity index is 1.91. The lowest BCUT2D eigenvalue weighted by Gasteiger charge is -2.26. The van der Waals surface area contributed by atoms with Gasteiger partial charge in [0.2, 0.25) is 0 Å². The number of phenols is 1. The van der Waals surface area contributed by atoms with Crippen LogP contribution in [0.15, 0.2) is 18.2 Å². The van der Waals surface area contributed by atoms with E-state index in [1.807, 2.05) is 12.1 Å². The standard InChI is InChI=1S/C13H18ClNO2/c14-12-6-1-3-9(13(12)17)8-15-10-4-2-5-11(16)7-10/h1,3,6,10-11,15-17H,2,4-5,7-8H2. The molecule has 94 valence electrons. The quantitative estimate of drug-likeness (QED) is 0.778. The van der Waals surface area contributed by atoms with Crippen molar-refractivity contribution < 1.29 is 10.2 Å². The van der Waals surface area contributed by atoms with Crippen molar-refractivity contribution >= 4 is 11.6 Å². The summed E-state index contributed by atoms with van der Waals surface area (Å²) in [4.78, 5) is 0. The number of benzene rings is 1. The van der Waals surface area contributed by atoms with Gasteiger partial charge in [-0.1, -0.05) is 23.7 Å². The average molecular weight is 256 g/mol. The first-order valence-electron chi connectivity index (χ1n) is 6.04. The summed E-state index contributed by atoms with van der Waals surface area (Å²) in [7, 11) is 0. The predicted octanol–water partition coefficient (Wildman–Crippen LogP) is 2.44. The number of aromatic hydroxyl groups is 1. The van der Waals surface area contributed by atoms with Gasteiger partial charge >= 0.3 is 0 Å². The van der Waals surface area contributed by atoms with Gasteiger partial charge in [0.1, 0.15) is 5.75 Å². The molecule has 1 fully saturated rings. The van der Waals surface area contributed by atoms with Crippen molar-refractivity contribution in [3.8, 4) is 5.75 Å². The molecule has 2 unspecified atom stereocenters. The Morgan fingerprint density at radius 3 is 2.94 bits per heavy atom. The second-order valence-corrected chi connectivity index (χ2v) is 5.05. The smallest absolute Gasteiger partial charge is 0.138 e. The van der Waals surface area contributed by atoms with Crippen LogP contribution in [0, 0.1) is 0 Å². The number of para-hydroxylation sites is 1. The Labute approximate surface area is 106 Å². The van der Waals surface area contributed by atoms with Gasteiger partial charge in [0.15, 0.2) is 0 Å². The van der Waals surface area contributed by atoms with Gasteiger partial charge < -0.3 is 15.5 Å². The molecular weight excluding hydrogens is 238 g/mol. The van der Waals surface area contributed by atoms with Gasteiger partial charge in [0.05, 0.1) is 11.1 Å². The lowest BCUT2D eigenvalue weighted by Crippen LogP contribution is -2.35. The summed E-state index contributed by atoms with van der Waals surface area (Å²) in [5, 5.41) is 23.1. The first kappa shape index (κ1) is 12.7. The number of aliphatic hydroxyl groups excluding tert-OH is 1. The van der Waals surface area contributed by atoms with Gasteiger partial charge in [-0.2, -0.15) is 0 Å². The Morgan fingerprint density at radius 2 is 2.18 bits per heavy atom. The maximum absolute atomic E-state index is 9.76. The molecule has 1 aromatic carbocycles. The average Bonchev–Trinajstić information content (AvgIpc) is 2.31. The molecule has 1 saturated carbocycles. The van der Waals surface area contributed by atoms with Crippen LogP contribution in [-0.2, 0) is 6.54 Å². The monoisotopic (exact) mass is 255 g/mol.